The molecule has 0 bridgehead atoms. The average Bonchev–Trinajstić information content (AvgIpc) is 2.51. The Balaban J connectivity index is 2.76. The third-order valence-corrected chi connectivity index (χ3v) is 6.04. The van der Waals surface area contributed by atoms with Crippen LogP contribution in [0.1, 0.15) is 33.3 Å². The van der Waals surface area contributed by atoms with Gasteiger partial charge in [-0.3, -0.25) is 4.79 Å². The molecule has 6 nitrogen and oxygen atoms in total. The van der Waals surface area contributed by atoms with Gasteiger partial charge in [0.1, 0.15) is 0 Å². The standard InChI is InChI=1S/C16H27N3O3S/c1-11(2)19(5)23(21,22)15-8-6-14(7-9-15)10-18-16(20)12(3)13(4)17/h6-9,11-13H,10,17H2,1-5H3,(H,18,20). The number of nitrogens with one attached hydrogen (secondary N) is 1. The molecule has 1 amide bonds. The van der Waals surface area contributed by atoms with Gasteiger partial charge in [0.25, 0.3) is 0 Å². The third-order valence-electron chi connectivity index (χ3n) is 4.00. The Bertz CT molecular complexity index is 624. The summed E-state index contributed by atoms with van der Waals surface area (Å²) in [5, 5.41) is 2.80. The molecule has 0 spiro atoms. The van der Waals surface area contributed by atoms with Crippen LogP contribution in [0.2, 0.25) is 0 Å². The van der Waals surface area contributed by atoms with E-state index in [1.54, 1.807) is 45.2 Å². The van der Waals surface area contributed by atoms with Crippen LogP contribution in [-0.4, -0.2) is 37.8 Å². The number of hydrogen-bond donors (Lipinski definition) is 2. The summed E-state index contributed by atoms with van der Waals surface area (Å²) in [6.45, 7) is 7.55. The average molecular weight is 341 g/mol. The van der Waals surface area contributed by atoms with Crippen LogP contribution in [0.4, 0.5) is 0 Å². The van der Waals surface area contributed by atoms with E-state index in [-0.39, 0.29) is 28.8 Å². The van der Waals surface area contributed by atoms with Gasteiger partial charge in [0.2, 0.25) is 15.9 Å². The topological polar surface area (TPSA) is 92.5 Å². The van der Waals surface area contributed by atoms with Gasteiger partial charge in [-0.15, -0.1) is 0 Å². The first-order valence-electron chi connectivity index (χ1n) is 7.67. The number of nitrogens with zero attached hydrogens (tertiary/aromatic N) is 1. The van der Waals surface area contributed by atoms with Crippen LogP contribution in [0.3, 0.4) is 0 Å². The van der Waals surface area contributed by atoms with Crippen molar-refractivity contribution in [2.45, 2.75) is 51.2 Å². The number of carbonyl (C=O) groups excluding carboxylic acids is 1. The normalized spacial score (nSPS) is 14.8. The minimum atomic E-state index is -3.48. The third kappa shape index (κ3) is 5.02. The van der Waals surface area contributed by atoms with Crippen LogP contribution >= 0.6 is 0 Å². The predicted molar refractivity (Wildman–Crippen MR) is 91.2 cm³/mol. The van der Waals surface area contributed by atoms with E-state index in [4.69, 9.17) is 5.73 Å². The van der Waals surface area contributed by atoms with Gasteiger partial charge in [-0.25, -0.2) is 8.42 Å². The minimum Gasteiger partial charge on any atom is -0.352 e. The van der Waals surface area contributed by atoms with E-state index >= 15 is 0 Å². The molecule has 130 valence electrons. The number of carbonyl (C=O) groups is 1. The lowest BCUT2D eigenvalue weighted by atomic mass is 10.0. The van der Waals surface area contributed by atoms with E-state index in [1.807, 2.05) is 13.8 Å². The lowest BCUT2D eigenvalue weighted by molar-refractivity contribution is -0.125. The van der Waals surface area contributed by atoms with Gasteiger partial charge >= 0.3 is 0 Å². The molecule has 0 saturated carbocycles. The van der Waals surface area contributed by atoms with Crippen LogP contribution in [0.15, 0.2) is 29.2 Å². The fourth-order valence-corrected chi connectivity index (χ4v) is 3.18. The van der Waals surface area contributed by atoms with Gasteiger partial charge in [0, 0.05) is 31.6 Å². The van der Waals surface area contributed by atoms with Crippen LogP contribution in [0.5, 0.6) is 0 Å². The van der Waals surface area contributed by atoms with Crippen LogP contribution in [0.25, 0.3) is 0 Å². The Morgan fingerprint density at radius 3 is 2.13 bits per heavy atom. The summed E-state index contributed by atoms with van der Waals surface area (Å²) in [6.07, 6.45) is 0. The van der Waals surface area contributed by atoms with Crippen molar-refractivity contribution in [3.63, 3.8) is 0 Å². The fourth-order valence-electron chi connectivity index (χ4n) is 1.81. The highest BCUT2D eigenvalue weighted by atomic mass is 32.2. The number of rotatable bonds is 7. The van der Waals surface area contributed by atoms with E-state index in [9.17, 15) is 13.2 Å². The second-order valence-electron chi connectivity index (χ2n) is 6.12. The van der Waals surface area contributed by atoms with Gasteiger partial charge in [-0.05, 0) is 38.5 Å². The molecule has 0 aliphatic rings. The highest BCUT2D eigenvalue weighted by molar-refractivity contribution is 7.89. The fraction of sp³-hybridized carbons (Fsp3) is 0.562. The zero-order valence-electron chi connectivity index (χ0n) is 14.4. The quantitative estimate of drug-likeness (QED) is 0.782. The first kappa shape index (κ1) is 19.6. The molecule has 0 saturated heterocycles. The zero-order chi connectivity index (χ0) is 17.8. The van der Waals surface area contributed by atoms with Crippen molar-refractivity contribution in [2.75, 3.05) is 7.05 Å². The van der Waals surface area contributed by atoms with Crippen molar-refractivity contribution in [1.29, 1.82) is 0 Å². The van der Waals surface area contributed by atoms with E-state index in [2.05, 4.69) is 5.32 Å². The summed E-state index contributed by atoms with van der Waals surface area (Å²) in [4.78, 5) is 12.1. The van der Waals surface area contributed by atoms with Crippen LogP contribution in [0, 0.1) is 5.92 Å². The second kappa shape index (κ2) is 7.90. The van der Waals surface area contributed by atoms with Gasteiger partial charge < -0.3 is 11.1 Å². The van der Waals surface area contributed by atoms with Crippen molar-refractivity contribution in [2.24, 2.45) is 11.7 Å². The molecule has 3 N–H and O–H groups in total. The molecular formula is C16H27N3O3S. The molecule has 0 aromatic heterocycles. The lowest BCUT2D eigenvalue weighted by Crippen LogP contribution is -2.38. The van der Waals surface area contributed by atoms with Crippen molar-refractivity contribution in [3.05, 3.63) is 29.8 Å². The molecular weight excluding hydrogens is 314 g/mol. The summed E-state index contributed by atoms with van der Waals surface area (Å²) in [5.74, 6) is -0.384. The van der Waals surface area contributed by atoms with E-state index in [1.165, 1.54) is 4.31 Å². The van der Waals surface area contributed by atoms with E-state index < -0.39 is 10.0 Å². The Morgan fingerprint density at radius 1 is 1.17 bits per heavy atom. The van der Waals surface area contributed by atoms with E-state index in [0.29, 0.717) is 6.54 Å². The van der Waals surface area contributed by atoms with E-state index in [0.717, 1.165) is 5.56 Å². The predicted octanol–water partition coefficient (Wildman–Crippen LogP) is 1.32. The van der Waals surface area contributed by atoms with Crippen LogP contribution in [-0.2, 0) is 21.4 Å². The van der Waals surface area contributed by atoms with Gasteiger partial charge in [-0.1, -0.05) is 19.1 Å². The molecule has 23 heavy (non-hydrogen) atoms. The van der Waals surface area contributed by atoms with Gasteiger partial charge in [0.15, 0.2) is 0 Å². The Hall–Kier alpha value is -1.44. The Labute approximate surface area is 139 Å². The maximum Gasteiger partial charge on any atom is 0.243 e. The molecule has 1 aromatic rings. The molecule has 0 radical (unpaired) electrons. The molecule has 7 heteroatoms. The summed E-state index contributed by atoms with van der Waals surface area (Å²) >= 11 is 0. The molecule has 1 rings (SSSR count). The number of amides is 1. The number of hydrogen-bond acceptors (Lipinski definition) is 4. The summed E-state index contributed by atoms with van der Waals surface area (Å²) < 4.78 is 26.0. The zero-order valence-corrected chi connectivity index (χ0v) is 15.2. The number of nitrogens with two attached hydrogens (primary N) is 1. The molecule has 0 aliphatic carbocycles. The minimum absolute atomic E-state index is 0.112. The first-order chi connectivity index (χ1) is 10.6. The van der Waals surface area contributed by atoms with Crippen molar-refractivity contribution in [3.8, 4) is 0 Å². The molecule has 0 heterocycles. The molecule has 2 unspecified atom stereocenters. The lowest BCUT2D eigenvalue weighted by Gasteiger charge is -2.21. The SMILES string of the molecule is CC(N)C(C)C(=O)NCc1ccc(S(=O)(=O)N(C)C(C)C)cc1. The maximum atomic E-state index is 12.4. The van der Waals surface area contributed by atoms with Crippen molar-refractivity contribution < 1.29 is 13.2 Å². The largest absolute Gasteiger partial charge is 0.352 e. The molecule has 0 fully saturated rings. The van der Waals surface area contributed by atoms with Crippen molar-refractivity contribution >= 4 is 15.9 Å². The smallest absolute Gasteiger partial charge is 0.243 e. The van der Waals surface area contributed by atoms with Crippen molar-refractivity contribution in [1.82, 2.24) is 9.62 Å². The molecule has 2 atom stereocenters. The Morgan fingerprint density at radius 2 is 1.70 bits per heavy atom. The van der Waals surface area contributed by atoms with Gasteiger partial charge in [-0.2, -0.15) is 4.31 Å². The first-order valence-corrected chi connectivity index (χ1v) is 9.11. The summed E-state index contributed by atoms with van der Waals surface area (Å²) in [7, 11) is -1.92. The Kier molecular flexibility index (Phi) is 6.73. The van der Waals surface area contributed by atoms with Gasteiger partial charge in [0.05, 0.1) is 4.90 Å². The number of benzene rings is 1. The summed E-state index contributed by atoms with van der Waals surface area (Å²) in [6, 6.07) is 6.21. The highest BCUT2D eigenvalue weighted by Gasteiger charge is 2.23. The molecule has 0 aliphatic heterocycles. The highest BCUT2D eigenvalue weighted by Crippen LogP contribution is 2.17. The summed E-state index contributed by atoms with van der Waals surface area (Å²) in [5.41, 5.74) is 6.53. The second-order valence-corrected chi connectivity index (χ2v) is 8.12. The monoisotopic (exact) mass is 341 g/mol. The molecule has 1 aromatic carbocycles. The maximum absolute atomic E-state index is 12.4. The number of sulfonamides is 1. The van der Waals surface area contributed by atoms with Crippen LogP contribution < -0.4 is 11.1 Å².